The topological polar surface area (TPSA) is 217 Å². The lowest BCUT2D eigenvalue weighted by molar-refractivity contribution is 0.0500. The molecule has 21 heteroatoms. The molecule has 1 saturated heterocycles. The number of aromatic nitrogens is 4. The van der Waals surface area contributed by atoms with Crippen molar-refractivity contribution < 1.29 is 46.3 Å². The van der Waals surface area contributed by atoms with Crippen molar-refractivity contribution in [3.8, 4) is 28.6 Å². The lowest BCUT2D eigenvalue weighted by atomic mass is 10.2. The molecule has 18 nitrogen and oxygen atoms in total. The van der Waals surface area contributed by atoms with Gasteiger partial charge in [0, 0.05) is 29.7 Å². The fourth-order valence-electron chi connectivity index (χ4n) is 6.65. The number of ether oxygens (including phenoxy) is 4. The van der Waals surface area contributed by atoms with Crippen molar-refractivity contribution in [3.63, 3.8) is 0 Å². The van der Waals surface area contributed by atoms with Crippen molar-refractivity contribution >= 4 is 55.8 Å². The largest absolute Gasteiger partial charge is 0.497 e. The number of alkyl carbamates (subject to hydrolysis) is 1. The molecule has 2 heterocycles. The van der Waals surface area contributed by atoms with Crippen LogP contribution in [0.5, 0.6) is 17.2 Å². The molecule has 4 aromatic carbocycles. The number of nitrogens with zero attached hydrogens (tertiary/aromatic N) is 6. The molecule has 0 bridgehead atoms. The van der Waals surface area contributed by atoms with E-state index in [1.54, 1.807) is 94.6 Å². The van der Waals surface area contributed by atoms with Gasteiger partial charge in [-0.2, -0.15) is 4.31 Å². The molecule has 3 N–H and O–H groups in total. The molecule has 5 aromatic rings. The van der Waals surface area contributed by atoms with E-state index in [1.165, 1.54) is 29.3 Å². The maximum absolute atomic E-state index is 15.7. The average Bonchev–Trinajstić information content (AvgIpc) is 3.86. The highest BCUT2D eigenvalue weighted by Crippen LogP contribution is 2.38. The van der Waals surface area contributed by atoms with Gasteiger partial charge in [0.05, 0.1) is 50.4 Å². The molecule has 1 unspecified atom stereocenters. The number of benzene rings is 4. The second-order valence-electron chi connectivity index (χ2n) is 15.2. The number of hydrogen-bond donors (Lipinski definition) is 3. The molecular weight excluding hydrogens is 956 g/mol. The first-order valence-electron chi connectivity index (χ1n) is 19.1. The molecule has 0 saturated carbocycles. The molecule has 0 aliphatic carbocycles. The number of carbonyl (C=O) groups is 2. The van der Waals surface area contributed by atoms with Crippen molar-refractivity contribution in [2.24, 2.45) is 0 Å². The molecule has 0 spiro atoms. The SMILES string of the molecule is COc1ccc(CN(Cc2ccc(OC)cc2)S(=O)(=O)c2c(S(=O)N[C@@H]3CN(C(=O)O)C[C@H]3NC(=O)OC(C)(C)C)ccc(I)c2-c2nnnn2Cc2ccc(OC)cc2)cc1. The zero-order valence-corrected chi connectivity index (χ0v) is 38.6. The number of hydrogen-bond acceptors (Lipinski definition) is 12. The predicted octanol–water partition coefficient (Wildman–Crippen LogP) is 5.28. The zero-order chi connectivity index (χ0) is 44.8. The van der Waals surface area contributed by atoms with E-state index in [1.807, 2.05) is 34.7 Å². The maximum atomic E-state index is 15.7. The molecule has 1 aromatic heterocycles. The van der Waals surface area contributed by atoms with Crippen LogP contribution in [0.1, 0.15) is 37.5 Å². The van der Waals surface area contributed by atoms with Gasteiger partial charge in [-0.3, -0.25) is 0 Å². The third kappa shape index (κ3) is 11.2. The van der Waals surface area contributed by atoms with E-state index in [9.17, 15) is 18.9 Å². The summed E-state index contributed by atoms with van der Waals surface area (Å²) in [6.45, 7) is 4.64. The Hall–Kier alpha value is -5.36. The maximum Gasteiger partial charge on any atom is 0.407 e. The summed E-state index contributed by atoms with van der Waals surface area (Å²) in [5.41, 5.74) is 1.29. The summed E-state index contributed by atoms with van der Waals surface area (Å²) in [6.07, 6.45) is -2.06. The number of amides is 2. The quantitative estimate of drug-likeness (QED) is 0.108. The van der Waals surface area contributed by atoms with Crippen LogP contribution in [-0.2, 0) is 45.4 Å². The normalized spacial score (nSPS) is 15.9. The Morgan fingerprint density at radius 1 is 0.839 bits per heavy atom. The van der Waals surface area contributed by atoms with Gasteiger partial charge < -0.3 is 34.3 Å². The lowest BCUT2D eigenvalue weighted by Crippen LogP contribution is -2.50. The number of likely N-dealkylation sites (tertiary alicyclic amines) is 1. The zero-order valence-electron chi connectivity index (χ0n) is 34.8. The highest BCUT2D eigenvalue weighted by atomic mass is 127. The number of tetrazole rings is 1. The number of nitrogens with one attached hydrogen (secondary N) is 2. The first-order valence-corrected chi connectivity index (χ1v) is 22.8. The van der Waals surface area contributed by atoms with Gasteiger partial charge in [0.1, 0.15) is 38.7 Å². The summed E-state index contributed by atoms with van der Waals surface area (Å²) in [5, 5.41) is 25.1. The Balaban J connectivity index is 1.49. The molecule has 330 valence electrons. The number of halogens is 1. The van der Waals surface area contributed by atoms with Crippen molar-refractivity contribution in [1.29, 1.82) is 0 Å². The third-order valence-corrected chi connectivity index (χ3v) is 13.9. The summed E-state index contributed by atoms with van der Waals surface area (Å²) >= 11 is 2.01. The number of sulfonamides is 1. The molecule has 3 atom stereocenters. The van der Waals surface area contributed by atoms with Crippen LogP contribution in [0.25, 0.3) is 11.4 Å². The van der Waals surface area contributed by atoms with Crippen LogP contribution in [0.3, 0.4) is 0 Å². The minimum absolute atomic E-state index is 0.0823. The highest BCUT2D eigenvalue weighted by Gasteiger charge is 2.40. The van der Waals surface area contributed by atoms with Crippen LogP contribution < -0.4 is 24.2 Å². The number of rotatable bonds is 16. The minimum Gasteiger partial charge on any atom is -0.497 e. The van der Waals surface area contributed by atoms with E-state index in [-0.39, 0.29) is 53.9 Å². The van der Waals surface area contributed by atoms with Gasteiger partial charge in [-0.1, -0.05) is 36.4 Å². The van der Waals surface area contributed by atoms with Gasteiger partial charge in [-0.15, -0.1) is 5.10 Å². The summed E-state index contributed by atoms with van der Waals surface area (Å²) in [6, 6.07) is 22.4. The monoisotopic (exact) mass is 1000 g/mol. The summed E-state index contributed by atoms with van der Waals surface area (Å²) < 4.78 is 73.8. The first kappa shape index (κ1) is 46.2. The molecule has 1 aliphatic rings. The Labute approximate surface area is 375 Å². The van der Waals surface area contributed by atoms with Gasteiger partial charge in [0.15, 0.2) is 5.82 Å². The summed E-state index contributed by atoms with van der Waals surface area (Å²) in [4.78, 5) is 25.6. The summed E-state index contributed by atoms with van der Waals surface area (Å²) in [7, 11) is -2.41. The standard InChI is InChI=1S/C41H47IN8O10S2/c1-41(2,3)60-39(51)43-33-24-48(40(52)53)25-34(33)45-61(54)35-20-19-32(42)36(38-44-46-47-50(38)23-28-11-17-31(59-6)18-12-28)37(35)62(55,56)49(21-26-7-13-29(57-4)14-8-26)22-27-9-15-30(58-5)16-10-27/h7-20,33-34,45H,21-25H2,1-6H3,(H,43,51)(H,52,53)/t33-,34-,61?/m1/s1. The minimum atomic E-state index is -4.68. The lowest BCUT2D eigenvalue weighted by Gasteiger charge is -2.27. The molecule has 0 radical (unpaired) electrons. The average molecular weight is 1000 g/mol. The smallest absolute Gasteiger partial charge is 0.407 e. The van der Waals surface area contributed by atoms with Gasteiger partial charge in [-0.25, -0.2) is 31.6 Å². The van der Waals surface area contributed by atoms with Crippen LogP contribution in [0.15, 0.2) is 94.7 Å². The van der Waals surface area contributed by atoms with Gasteiger partial charge in [0.2, 0.25) is 10.0 Å². The molecule has 2 amide bonds. The summed E-state index contributed by atoms with van der Waals surface area (Å²) in [5.74, 6) is 1.89. The van der Waals surface area contributed by atoms with E-state index in [2.05, 4.69) is 25.6 Å². The van der Waals surface area contributed by atoms with E-state index in [4.69, 9.17) is 18.9 Å². The Morgan fingerprint density at radius 3 is 1.85 bits per heavy atom. The second kappa shape index (κ2) is 19.8. The van der Waals surface area contributed by atoms with Crippen molar-refractivity contribution in [3.05, 3.63) is 105 Å². The van der Waals surface area contributed by atoms with Crippen LogP contribution in [-0.4, -0.2) is 111 Å². The van der Waals surface area contributed by atoms with Gasteiger partial charge in [-0.05, 0) is 119 Å². The fraction of sp³-hybridized carbons (Fsp3) is 0.341. The molecule has 1 fully saturated rings. The van der Waals surface area contributed by atoms with Crippen LogP contribution in [0.2, 0.25) is 0 Å². The molecule has 6 rings (SSSR count). The predicted molar refractivity (Wildman–Crippen MR) is 237 cm³/mol. The number of carboxylic acid groups (broad SMARTS) is 1. The Morgan fingerprint density at radius 2 is 1.35 bits per heavy atom. The second-order valence-corrected chi connectivity index (χ2v) is 19.4. The molecule has 62 heavy (non-hydrogen) atoms. The Bertz CT molecular complexity index is 2450. The molecule has 1 aliphatic heterocycles. The van der Waals surface area contributed by atoms with E-state index < -0.39 is 50.9 Å². The number of methoxy groups -OCH3 is 3. The van der Waals surface area contributed by atoms with Crippen LogP contribution in [0.4, 0.5) is 9.59 Å². The van der Waals surface area contributed by atoms with Gasteiger partial charge >= 0.3 is 12.2 Å². The van der Waals surface area contributed by atoms with Crippen molar-refractivity contribution in [2.75, 3.05) is 34.4 Å². The van der Waals surface area contributed by atoms with Crippen molar-refractivity contribution in [1.82, 2.24) is 39.5 Å². The highest BCUT2D eigenvalue weighted by molar-refractivity contribution is 14.1. The fourth-order valence-corrected chi connectivity index (χ4v) is 10.9. The third-order valence-electron chi connectivity index (χ3n) is 9.70. The van der Waals surface area contributed by atoms with E-state index >= 15 is 8.42 Å². The van der Waals surface area contributed by atoms with E-state index in [0.717, 1.165) is 10.5 Å². The first-order chi connectivity index (χ1) is 29.5. The van der Waals surface area contributed by atoms with Crippen molar-refractivity contribution in [2.45, 2.75) is 67.9 Å². The van der Waals surface area contributed by atoms with Crippen LogP contribution in [0, 0.1) is 3.57 Å². The number of carbonyl (C=O) groups excluding carboxylic acids is 1. The van der Waals surface area contributed by atoms with Gasteiger partial charge in [0.25, 0.3) is 0 Å². The van der Waals surface area contributed by atoms with Crippen LogP contribution >= 0.6 is 22.6 Å². The molecular formula is C41H47IN8O10S2. The Kier molecular flexibility index (Phi) is 14.7. The van der Waals surface area contributed by atoms with E-state index in [0.29, 0.717) is 31.9 Å².